The van der Waals surface area contributed by atoms with Gasteiger partial charge in [-0.2, -0.15) is 0 Å². The second-order valence-corrected chi connectivity index (χ2v) is 7.89. The van der Waals surface area contributed by atoms with Crippen LogP contribution in [0.15, 0.2) is 12.7 Å². The molecule has 1 fully saturated rings. The molecule has 138 valence electrons. The van der Waals surface area contributed by atoms with Crippen molar-refractivity contribution < 1.29 is 19.1 Å². The molecule has 5 nitrogen and oxygen atoms in total. The van der Waals surface area contributed by atoms with Crippen molar-refractivity contribution in [2.24, 2.45) is 0 Å². The van der Waals surface area contributed by atoms with Crippen LogP contribution in [0.2, 0.25) is 0 Å². The van der Waals surface area contributed by atoms with Crippen LogP contribution in [0.3, 0.4) is 0 Å². The summed E-state index contributed by atoms with van der Waals surface area (Å²) in [6, 6.07) is 0. The second-order valence-electron chi connectivity index (χ2n) is 7.89. The van der Waals surface area contributed by atoms with Gasteiger partial charge in [-0.25, -0.2) is 4.79 Å². The summed E-state index contributed by atoms with van der Waals surface area (Å²) in [7, 11) is 2.14. The van der Waals surface area contributed by atoms with Gasteiger partial charge < -0.3 is 9.47 Å². The molecule has 1 aliphatic rings. The summed E-state index contributed by atoms with van der Waals surface area (Å²) >= 11 is 0. The van der Waals surface area contributed by atoms with E-state index in [-0.39, 0.29) is 23.2 Å². The lowest BCUT2D eigenvalue weighted by molar-refractivity contribution is -0.159. The molecule has 1 heterocycles. The van der Waals surface area contributed by atoms with Gasteiger partial charge in [-0.05, 0) is 54.0 Å². The lowest BCUT2D eigenvalue weighted by atomic mass is 9.79. The molecular weight excluding hydrogens is 306 g/mol. The van der Waals surface area contributed by atoms with Gasteiger partial charge in [0.05, 0.1) is 6.61 Å². The molecule has 0 atom stereocenters. The first kappa shape index (κ1) is 20.7. The van der Waals surface area contributed by atoms with Crippen LogP contribution in [-0.2, 0) is 19.1 Å². The van der Waals surface area contributed by atoms with Crippen LogP contribution < -0.4 is 0 Å². The summed E-state index contributed by atoms with van der Waals surface area (Å²) in [6.45, 7) is 12.5. The largest absolute Gasteiger partial charge is 0.463 e. The van der Waals surface area contributed by atoms with Crippen molar-refractivity contribution in [2.45, 2.75) is 83.4 Å². The molecule has 5 heteroatoms. The molecule has 1 aliphatic heterocycles. The smallest absolute Gasteiger partial charge is 0.330 e. The standard InChI is InChI=1S/C19H33NO4/c1-7-16(21)23-12-10-8-9-11-17(22)24-15-13-18(2,3)20(6)19(4,5)14-15/h7,15H,1,8-14H2,2-6H3. The summed E-state index contributed by atoms with van der Waals surface area (Å²) in [5.41, 5.74) is 0.0312. The van der Waals surface area contributed by atoms with Crippen LogP contribution in [0, 0.1) is 0 Å². The highest BCUT2D eigenvalue weighted by molar-refractivity contribution is 5.81. The van der Waals surface area contributed by atoms with E-state index in [0.717, 1.165) is 38.2 Å². The number of rotatable bonds is 8. The van der Waals surface area contributed by atoms with E-state index in [1.54, 1.807) is 0 Å². The fraction of sp³-hybridized carbons (Fsp3) is 0.789. The van der Waals surface area contributed by atoms with E-state index in [1.807, 2.05) is 0 Å². The maximum absolute atomic E-state index is 12.1. The Hall–Kier alpha value is -1.36. The molecule has 0 aromatic rings. The maximum Gasteiger partial charge on any atom is 0.330 e. The first-order chi connectivity index (χ1) is 11.1. The van der Waals surface area contributed by atoms with Crippen molar-refractivity contribution in [3.63, 3.8) is 0 Å². The fourth-order valence-corrected chi connectivity index (χ4v) is 3.39. The number of carbonyl (C=O) groups excluding carboxylic acids is 2. The second kappa shape index (κ2) is 8.65. The lowest BCUT2D eigenvalue weighted by Crippen LogP contribution is -2.60. The molecule has 0 bridgehead atoms. The number of hydrogen-bond donors (Lipinski definition) is 0. The zero-order chi connectivity index (χ0) is 18.4. The first-order valence-corrected chi connectivity index (χ1v) is 8.81. The number of unbranched alkanes of at least 4 members (excludes halogenated alkanes) is 2. The third-order valence-corrected chi connectivity index (χ3v) is 5.00. The van der Waals surface area contributed by atoms with Gasteiger partial charge in [0.1, 0.15) is 6.10 Å². The van der Waals surface area contributed by atoms with Gasteiger partial charge in [0.2, 0.25) is 0 Å². The topological polar surface area (TPSA) is 55.8 Å². The highest BCUT2D eigenvalue weighted by Gasteiger charge is 2.44. The Kier molecular flexibility index (Phi) is 7.46. The molecule has 0 N–H and O–H groups in total. The summed E-state index contributed by atoms with van der Waals surface area (Å²) in [4.78, 5) is 25.3. The van der Waals surface area contributed by atoms with Gasteiger partial charge in [0.15, 0.2) is 0 Å². The molecule has 24 heavy (non-hydrogen) atoms. The zero-order valence-electron chi connectivity index (χ0n) is 15.9. The number of carbonyl (C=O) groups is 2. The molecular formula is C19H33NO4. The van der Waals surface area contributed by atoms with Crippen molar-refractivity contribution in [3.05, 3.63) is 12.7 Å². The van der Waals surface area contributed by atoms with Crippen molar-refractivity contribution >= 4 is 11.9 Å². The zero-order valence-corrected chi connectivity index (χ0v) is 15.9. The first-order valence-electron chi connectivity index (χ1n) is 8.81. The number of nitrogens with zero attached hydrogens (tertiary/aromatic N) is 1. The van der Waals surface area contributed by atoms with Gasteiger partial charge in [-0.15, -0.1) is 0 Å². The van der Waals surface area contributed by atoms with E-state index in [4.69, 9.17) is 9.47 Å². The van der Waals surface area contributed by atoms with E-state index in [0.29, 0.717) is 13.0 Å². The molecule has 0 saturated carbocycles. The Labute approximate surface area is 146 Å². The van der Waals surface area contributed by atoms with E-state index in [9.17, 15) is 9.59 Å². The summed E-state index contributed by atoms with van der Waals surface area (Å²) in [5, 5.41) is 0. The Morgan fingerprint density at radius 3 is 2.25 bits per heavy atom. The van der Waals surface area contributed by atoms with Crippen LogP contribution in [0.25, 0.3) is 0 Å². The van der Waals surface area contributed by atoms with Crippen molar-refractivity contribution in [3.8, 4) is 0 Å². The minimum atomic E-state index is -0.401. The third-order valence-electron chi connectivity index (χ3n) is 5.00. The minimum absolute atomic E-state index is 0.0156. The average Bonchev–Trinajstić information content (AvgIpc) is 2.47. The molecule has 0 radical (unpaired) electrons. The Morgan fingerprint density at radius 2 is 1.71 bits per heavy atom. The van der Waals surface area contributed by atoms with Crippen molar-refractivity contribution in [1.29, 1.82) is 0 Å². The van der Waals surface area contributed by atoms with Crippen molar-refractivity contribution in [1.82, 2.24) is 4.90 Å². The van der Waals surface area contributed by atoms with Gasteiger partial charge in [-0.1, -0.05) is 6.58 Å². The number of esters is 2. The number of piperidine rings is 1. The van der Waals surface area contributed by atoms with E-state index >= 15 is 0 Å². The molecule has 1 rings (SSSR count). The fourth-order valence-electron chi connectivity index (χ4n) is 3.39. The Morgan fingerprint density at radius 1 is 1.12 bits per heavy atom. The monoisotopic (exact) mass is 339 g/mol. The maximum atomic E-state index is 12.1. The molecule has 0 aromatic carbocycles. The summed E-state index contributed by atoms with van der Waals surface area (Å²) < 4.78 is 10.6. The quantitative estimate of drug-likeness (QED) is 0.385. The number of ether oxygens (including phenoxy) is 2. The van der Waals surface area contributed by atoms with E-state index in [1.165, 1.54) is 0 Å². The summed E-state index contributed by atoms with van der Waals surface area (Å²) in [5.74, 6) is -0.527. The van der Waals surface area contributed by atoms with Gasteiger partial charge in [-0.3, -0.25) is 9.69 Å². The molecule has 0 unspecified atom stereocenters. The van der Waals surface area contributed by atoms with E-state index < -0.39 is 5.97 Å². The van der Waals surface area contributed by atoms with Gasteiger partial charge >= 0.3 is 11.9 Å². The van der Waals surface area contributed by atoms with Gasteiger partial charge in [0, 0.05) is 36.4 Å². The highest BCUT2D eigenvalue weighted by atomic mass is 16.5. The minimum Gasteiger partial charge on any atom is -0.463 e. The number of hydrogen-bond acceptors (Lipinski definition) is 5. The molecule has 0 spiro atoms. The van der Waals surface area contributed by atoms with E-state index in [2.05, 4.69) is 46.2 Å². The Bertz CT molecular complexity index is 438. The molecule has 0 amide bonds. The lowest BCUT2D eigenvalue weighted by Gasteiger charge is -2.53. The predicted octanol–water partition coefficient (Wildman–Crippen LogP) is 3.47. The average molecular weight is 339 g/mol. The van der Waals surface area contributed by atoms with Gasteiger partial charge in [0.25, 0.3) is 0 Å². The Balaban J connectivity index is 2.28. The van der Waals surface area contributed by atoms with Crippen LogP contribution in [-0.4, -0.2) is 47.7 Å². The van der Waals surface area contributed by atoms with Crippen LogP contribution in [0.1, 0.15) is 66.2 Å². The SMILES string of the molecule is C=CC(=O)OCCCCCC(=O)OC1CC(C)(C)N(C)C(C)(C)C1. The number of likely N-dealkylation sites (tertiary alicyclic amines) is 1. The molecule has 0 aliphatic carbocycles. The van der Waals surface area contributed by atoms with Crippen molar-refractivity contribution in [2.75, 3.05) is 13.7 Å². The van der Waals surface area contributed by atoms with Crippen LogP contribution in [0.5, 0.6) is 0 Å². The predicted molar refractivity (Wildman–Crippen MR) is 94.7 cm³/mol. The normalized spacial score (nSPS) is 20.4. The van der Waals surface area contributed by atoms with Crippen LogP contribution >= 0.6 is 0 Å². The van der Waals surface area contributed by atoms with Crippen LogP contribution in [0.4, 0.5) is 0 Å². The molecule has 1 saturated heterocycles. The highest BCUT2D eigenvalue weighted by Crippen LogP contribution is 2.38. The molecule has 0 aromatic heterocycles. The third kappa shape index (κ3) is 6.27. The summed E-state index contributed by atoms with van der Waals surface area (Å²) in [6.07, 6.45) is 5.61.